The Morgan fingerprint density at radius 1 is 1.24 bits per heavy atom. The van der Waals surface area contributed by atoms with Gasteiger partial charge in [-0.2, -0.15) is 0 Å². The molecule has 4 heteroatoms. The summed E-state index contributed by atoms with van der Waals surface area (Å²) in [5.74, 6) is 0.704. The maximum Gasteiger partial charge on any atom is 0.223 e. The van der Waals surface area contributed by atoms with Gasteiger partial charge in [0.2, 0.25) is 5.91 Å². The minimum absolute atomic E-state index is 0.0503. The Kier molecular flexibility index (Phi) is 5.51. The number of aryl methyl sites for hydroxylation is 1. The third-order valence-corrected chi connectivity index (χ3v) is 4.07. The maximum atomic E-state index is 12.1. The molecule has 1 aromatic carbocycles. The van der Waals surface area contributed by atoms with Crippen LogP contribution in [0.4, 0.5) is 0 Å². The van der Waals surface area contributed by atoms with Gasteiger partial charge in [0.15, 0.2) is 5.78 Å². The van der Waals surface area contributed by atoms with Gasteiger partial charge in [-0.1, -0.05) is 29.8 Å². The van der Waals surface area contributed by atoms with E-state index < -0.39 is 0 Å². The van der Waals surface area contributed by atoms with Crippen molar-refractivity contribution in [3.63, 3.8) is 0 Å². The molecule has 1 saturated heterocycles. The fourth-order valence-corrected chi connectivity index (χ4v) is 2.78. The molecule has 1 unspecified atom stereocenters. The molecule has 0 radical (unpaired) electrons. The Balaban J connectivity index is 1.79. The largest absolute Gasteiger partial charge is 0.342 e. The molecule has 1 aliphatic rings. The van der Waals surface area contributed by atoms with Crippen LogP contribution in [-0.4, -0.2) is 43.3 Å². The normalized spacial score (nSPS) is 18.0. The number of Topliss-reactive ketones (excluding diaryl/α,β-unsaturated/α-hetero) is 1. The molecule has 1 amide bonds. The van der Waals surface area contributed by atoms with Crippen LogP contribution in [0.5, 0.6) is 0 Å². The first-order chi connectivity index (χ1) is 10.1. The summed E-state index contributed by atoms with van der Waals surface area (Å²) in [6.07, 6.45) is 1.67. The highest BCUT2D eigenvalue weighted by Crippen LogP contribution is 2.17. The number of nitrogens with zero attached hydrogens (tertiary/aromatic N) is 1. The van der Waals surface area contributed by atoms with Gasteiger partial charge in [0.25, 0.3) is 0 Å². The summed E-state index contributed by atoms with van der Waals surface area (Å²) in [5, 5.41) is 3.15. The lowest BCUT2D eigenvalue weighted by atomic mass is 10.0. The second-order valence-electron chi connectivity index (χ2n) is 5.84. The topological polar surface area (TPSA) is 49.4 Å². The molecular formula is C17H24N2O2. The van der Waals surface area contributed by atoms with Crippen LogP contribution in [0.15, 0.2) is 24.3 Å². The second kappa shape index (κ2) is 7.36. The highest BCUT2D eigenvalue weighted by molar-refractivity contribution is 5.98. The summed E-state index contributed by atoms with van der Waals surface area (Å²) in [5.41, 5.74) is 1.83. The van der Waals surface area contributed by atoms with Crippen molar-refractivity contribution >= 4 is 11.7 Å². The summed E-state index contributed by atoms with van der Waals surface area (Å²) in [4.78, 5) is 26.1. The molecule has 1 N–H and O–H groups in total. The summed E-state index contributed by atoms with van der Waals surface area (Å²) in [7, 11) is 1.94. The quantitative estimate of drug-likeness (QED) is 0.815. The SMILES string of the molecule is CNCC1CCN(C(=O)CCC(=O)c2ccc(C)cc2)C1. The van der Waals surface area contributed by atoms with Gasteiger partial charge in [-0.15, -0.1) is 0 Å². The molecule has 4 nitrogen and oxygen atoms in total. The van der Waals surface area contributed by atoms with E-state index in [1.165, 1.54) is 0 Å². The van der Waals surface area contributed by atoms with Crippen molar-refractivity contribution in [2.75, 3.05) is 26.7 Å². The molecule has 0 spiro atoms. The Labute approximate surface area is 126 Å². The standard InChI is InChI=1S/C17H24N2O2/c1-13-3-5-15(6-4-13)16(20)7-8-17(21)19-10-9-14(12-19)11-18-2/h3-6,14,18H,7-12H2,1-2H3. The van der Waals surface area contributed by atoms with Gasteiger partial charge < -0.3 is 10.2 Å². The number of hydrogen-bond acceptors (Lipinski definition) is 3. The Bertz CT molecular complexity index is 496. The van der Waals surface area contributed by atoms with E-state index in [-0.39, 0.29) is 11.7 Å². The first-order valence-electron chi connectivity index (χ1n) is 7.62. The van der Waals surface area contributed by atoms with Crippen molar-refractivity contribution in [2.24, 2.45) is 5.92 Å². The second-order valence-corrected chi connectivity index (χ2v) is 5.84. The number of carbonyl (C=O) groups is 2. The smallest absolute Gasteiger partial charge is 0.223 e. The molecule has 0 aliphatic carbocycles. The van der Waals surface area contributed by atoms with Gasteiger partial charge in [-0.3, -0.25) is 9.59 Å². The predicted octanol–water partition coefficient (Wildman–Crippen LogP) is 2.03. The third kappa shape index (κ3) is 4.39. The summed E-state index contributed by atoms with van der Waals surface area (Å²) in [6, 6.07) is 7.53. The minimum atomic E-state index is 0.0503. The molecule has 2 rings (SSSR count). The first-order valence-corrected chi connectivity index (χ1v) is 7.62. The fourth-order valence-electron chi connectivity index (χ4n) is 2.78. The third-order valence-electron chi connectivity index (χ3n) is 4.07. The van der Waals surface area contributed by atoms with Gasteiger partial charge in [-0.25, -0.2) is 0 Å². The molecule has 114 valence electrons. The lowest BCUT2D eigenvalue weighted by Crippen LogP contribution is -2.30. The number of hydrogen-bond donors (Lipinski definition) is 1. The van der Waals surface area contributed by atoms with Crippen molar-refractivity contribution in [3.8, 4) is 0 Å². The summed E-state index contributed by atoms with van der Waals surface area (Å²) < 4.78 is 0. The molecular weight excluding hydrogens is 264 g/mol. The first kappa shape index (κ1) is 15.7. The minimum Gasteiger partial charge on any atom is -0.342 e. The van der Waals surface area contributed by atoms with Crippen LogP contribution in [-0.2, 0) is 4.79 Å². The Morgan fingerprint density at radius 3 is 2.62 bits per heavy atom. The molecule has 1 atom stereocenters. The predicted molar refractivity (Wildman–Crippen MR) is 83.4 cm³/mol. The highest BCUT2D eigenvalue weighted by atomic mass is 16.2. The molecule has 0 aromatic heterocycles. The van der Waals surface area contributed by atoms with Crippen LogP contribution in [0.3, 0.4) is 0 Å². The molecule has 0 bridgehead atoms. The number of amides is 1. The number of rotatable bonds is 6. The zero-order valence-corrected chi connectivity index (χ0v) is 12.9. The van der Waals surface area contributed by atoms with Crippen LogP contribution in [0, 0.1) is 12.8 Å². The van der Waals surface area contributed by atoms with E-state index >= 15 is 0 Å². The van der Waals surface area contributed by atoms with Crippen molar-refractivity contribution in [3.05, 3.63) is 35.4 Å². The van der Waals surface area contributed by atoms with Crippen molar-refractivity contribution in [2.45, 2.75) is 26.2 Å². The van der Waals surface area contributed by atoms with E-state index in [9.17, 15) is 9.59 Å². The zero-order chi connectivity index (χ0) is 15.2. The molecule has 0 saturated carbocycles. The van der Waals surface area contributed by atoms with Gasteiger partial charge >= 0.3 is 0 Å². The average molecular weight is 288 g/mol. The zero-order valence-electron chi connectivity index (χ0n) is 12.9. The van der Waals surface area contributed by atoms with Crippen molar-refractivity contribution in [1.82, 2.24) is 10.2 Å². The average Bonchev–Trinajstić information content (AvgIpc) is 2.94. The molecule has 1 aliphatic heterocycles. The maximum absolute atomic E-state index is 12.1. The summed E-state index contributed by atoms with van der Waals surface area (Å²) in [6.45, 7) is 4.58. The van der Waals surface area contributed by atoms with E-state index in [0.717, 1.165) is 31.6 Å². The Hall–Kier alpha value is -1.68. The van der Waals surface area contributed by atoms with Crippen LogP contribution in [0.25, 0.3) is 0 Å². The Morgan fingerprint density at radius 2 is 1.95 bits per heavy atom. The lowest BCUT2D eigenvalue weighted by molar-refractivity contribution is -0.130. The van der Waals surface area contributed by atoms with E-state index in [2.05, 4.69) is 5.32 Å². The molecule has 21 heavy (non-hydrogen) atoms. The van der Waals surface area contributed by atoms with Crippen LogP contribution in [0.2, 0.25) is 0 Å². The monoisotopic (exact) mass is 288 g/mol. The van der Waals surface area contributed by atoms with Gasteiger partial charge in [-0.05, 0) is 32.9 Å². The number of benzene rings is 1. The van der Waals surface area contributed by atoms with E-state index in [0.29, 0.717) is 24.3 Å². The molecule has 1 fully saturated rings. The number of nitrogens with one attached hydrogen (secondary N) is 1. The number of ketones is 1. The van der Waals surface area contributed by atoms with Crippen LogP contribution in [0.1, 0.15) is 35.2 Å². The van der Waals surface area contributed by atoms with Crippen LogP contribution < -0.4 is 5.32 Å². The summed E-state index contributed by atoms with van der Waals surface area (Å²) >= 11 is 0. The lowest BCUT2D eigenvalue weighted by Gasteiger charge is -2.16. The van der Waals surface area contributed by atoms with Gasteiger partial charge in [0, 0.05) is 31.5 Å². The number of carbonyl (C=O) groups excluding carboxylic acids is 2. The van der Waals surface area contributed by atoms with Crippen molar-refractivity contribution < 1.29 is 9.59 Å². The van der Waals surface area contributed by atoms with Crippen LogP contribution >= 0.6 is 0 Å². The van der Waals surface area contributed by atoms with E-state index in [1.807, 2.05) is 43.1 Å². The number of likely N-dealkylation sites (tertiary alicyclic amines) is 1. The van der Waals surface area contributed by atoms with E-state index in [1.54, 1.807) is 0 Å². The molecule has 1 aromatic rings. The van der Waals surface area contributed by atoms with Gasteiger partial charge in [0.05, 0.1) is 0 Å². The van der Waals surface area contributed by atoms with Gasteiger partial charge in [0.1, 0.15) is 0 Å². The molecule has 1 heterocycles. The fraction of sp³-hybridized carbons (Fsp3) is 0.529. The highest BCUT2D eigenvalue weighted by Gasteiger charge is 2.25. The van der Waals surface area contributed by atoms with E-state index in [4.69, 9.17) is 0 Å². The van der Waals surface area contributed by atoms with Crippen molar-refractivity contribution in [1.29, 1.82) is 0 Å².